The van der Waals surface area contributed by atoms with Crippen LogP contribution in [0.25, 0.3) is 0 Å². The fraction of sp³-hybridized carbons (Fsp3) is 0.500. The summed E-state index contributed by atoms with van der Waals surface area (Å²) in [7, 11) is 0. The van der Waals surface area contributed by atoms with Crippen molar-refractivity contribution >= 4 is 0 Å². The topological polar surface area (TPSA) is 20.2 Å². The molecular formula is C12H14F2O. The summed E-state index contributed by atoms with van der Waals surface area (Å²) >= 11 is 0. The van der Waals surface area contributed by atoms with Gasteiger partial charge in [0.05, 0.1) is 11.7 Å². The van der Waals surface area contributed by atoms with E-state index in [0.717, 1.165) is 12.8 Å². The average Bonchev–Trinajstić information content (AvgIpc) is 2.96. The molecule has 1 nitrogen and oxygen atoms in total. The molecule has 0 bridgehead atoms. The third-order valence-corrected chi connectivity index (χ3v) is 2.91. The Labute approximate surface area is 87.7 Å². The van der Waals surface area contributed by atoms with Gasteiger partial charge in [-0.2, -0.15) is 0 Å². The second kappa shape index (κ2) is 3.89. The third-order valence-electron chi connectivity index (χ3n) is 2.91. The van der Waals surface area contributed by atoms with Crippen molar-refractivity contribution in [2.45, 2.75) is 32.3 Å². The zero-order valence-corrected chi connectivity index (χ0v) is 8.63. The SMILES string of the molecule is Cc1ccc(F)c(C(O)CC2CC2)c1F. The highest BCUT2D eigenvalue weighted by atomic mass is 19.1. The molecule has 0 spiro atoms. The number of hydrogen-bond donors (Lipinski definition) is 1. The summed E-state index contributed by atoms with van der Waals surface area (Å²) in [5, 5.41) is 9.74. The Bertz CT molecular complexity index is 372. The van der Waals surface area contributed by atoms with Crippen molar-refractivity contribution in [2.75, 3.05) is 0 Å². The molecule has 2 rings (SSSR count). The molecule has 1 N–H and O–H groups in total. The number of aryl methyl sites for hydroxylation is 1. The Morgan fingerprint density at radius 3 is 2.67 bits per heavy atom. The zero-order chi connectivity index (χ0) is 11.0. The van der Waals surface area contributed by atoms with Crippen LogP contribution in [0.3, 0.4) is 0 Å². The lowest BCUT2D eigenvalue weighted by Gasteiger charge is -2.13. The Morgan fingerprint density at radius 2 is 2.07 bits per heavy atom. The maximum absolute atomic E-state index is 13.6. The van der Waals surface area contributed by atoms with E-state index in [-0.39, 0.29) is 5.56 Å². The van der Waals surface area contributed by atoms with E-state index in [1.165, 1.54) is 12.1 Å². The molecule has 1 atom stereocenters. The lowest BCUT2D eigenvalue weighted by Crippen LogP contribution is -2.06. The van der Waals surface area contributed by atoms with Gasteiger partial charge in [0.15, 0.2) is 0 Å². The van der Waals surface area contributed by atoms with E-state index >= 15 is 0 Å². The monoisotopic (exact) mass is 212 g/mol. The maximum atomic E-state index is 13.6. The third kappa shape index (κ3) is 2.17. The smallest absolute Gasteiger partial charge is 0.134 e. The minimum absolute atomic E-state index is 0.165. The summed E-state index contributed by atoms with van der Waals surface area (Å²) in [5.41, 5.74) is 0.211. The first-order valence-electron chi connectivity index (χ1n) is 5.22. The van der Waals surface area contributed by atoms with Gasteiger partial charge in [-0.25, -0.2) is 8.78 Å². The number of aliphatic hydroxyl groups is 1. The molecule has 1 aromatic rings. The van der Waals surface area contributed by atoms with E-state index in [4.69, 9.17) is 0 Å². The molecule has 0 amide bonds. The van der Waals surface area contributed by atoms with Crippen LogP contribution in [0.1, 0.15) is 36.5 Å². The predicted octanol–water partition coefficient (Wildman–Crippen LogP) is 3.11. The van der Waals surface area contributed by atoms with Crippen LogP contribution in [0.15, 0.2) is 12.1 Å². The first-order chi connectivity index (χ1) is 7.09. The van der Waals surface area contributed by atoms with E-state index in [2.05, 4.69) is 0 Å². The summed E-state index contributed by atoms with van der Waals surface area (Å²) in [6, 6.07) is 2.60. The number of hydrogen-bond acceptors (Lipinski definition) is 1. The summed E-state index contributed by atoms with van der Waals surface area (Å²) in [6.07, 6.45) is 1.59. The number of benzene rings is 1. The van der Waals surface area contributed by atoms with Crippen molar-refractivity contribution in [3.63, 3.8) is 0 Å². The van der Waals surface area contributed by atoms with Crippen molar-refractivity contribution < 1.29 is 13.9 Å². The molecule has 0 heterocycles. The van der Waals surface area contributed by atoms with Gasteiger partial charge in [-0.1, -0.05) is 18.9 Å². The Hall–Kier alpha value is -0.960. The quantitative estimate of drug-likeness (QED) is 0.816. The zero-order valence-electron chi connectivity index (χ0n) is 8.63. The van der Waals surface area contributed by atoms with Crippen molar-refractivity contribution in [1.29, 1.82) is 0 Å². The van der Waals surface area contributed by atoms with Crippen LogP contribution in [0.5, 0.6) is 0 Å². The minimum Gasteiger partial charge on any atom is -0.388 e. The average molecular weight is 212 g/mol. The molecule has 1 aliphatic carbocycles. The van der Waals surface area contributed by atoms with Gasteiger partial charge in [0.1, 0.15) is 11.6 Å². The second-order valence-corrected chi connectivity index (χ2v) is 4.29. The van der Waals surface area contributed by atoms with Gasteiger partial charge in [0.2, 0.25) is 0 Å². The molecule has 1 fully saturated rings. The molecule has 1 saturated carbocycles. The lowest BCUT2D eigenvalue weighted by atomic mass is 10.0. The van der Waals surface area contributed by atoms with E-state index in [0.29, 0.717) is 17.9 Å². The van der Waals surface area contributed by atoms with Crippen LogP contribution >= 0.6 is 0 Å². The van der Waals surface area contributed by atoms with Gasteiger partial charge < -0.3 is 5.11 Å². The van der Waals surface area contributed by atoms with Gasteiger partial charge in [0.25, 0.3) is 0 Å². The van der Waals surface area contributed by atoms with Gasteiger partial charge in [-0.05, 0) is 30.9 Å². The lowest BCUT2D eigenvalue weighted by molar-refractivity contribution is 0.151. The highest BCUT2D eigenvalue weighted by molar-refractivity contribution is 5.28. The first-order valence-corrected chi connectivity index (χ1v) is 5.22. The van der Waals surface area contributed by atoms with Gasteiger partial charge in [0, 0.05) is 0 Å². The normalized spacial score (nSPS) is 17.9. The van der Waals surface area contributed by atoms with Gasteiger partial charge in [-0.15, -0.1) is 0 Å². The summed E-state index contributed by atoms with van der Waals surface area (Å²) in [6.45, 7) is 1.57. The second-order valence-electron chi connectivity index (χ2n) is 4.29. The summed E-state index contributed by atoms with van der Waals surface area (Å²) < 4.78 is 26.9. The molecule has 0 aromatic heterocycles. The fourth-order valence-corrected chi connectivity index (χ4v) is 1.77. The van der Waals surface area contributed by atoms with Crippen LogP contribution in [-0.4, -0.2) is 5.11 Å². The molecular weight excluding hydrogens is 198 g/mol. The fourth-order valence-electron chi connectivity index (χ4n) is 1.77. The Morgan fingerprint density at radius 1 is 1.40 bits per heavy atom. The van der Waals surface area contributed by atoms with Crippen LogP contribution in [-0.2, 0) is 0 Å². The van der Waals surface area contributed by atoms with Crippen molar-refractivity contribution in [2.24, 2.45) is 5.92 Å². The van der Waals surface area contributed by atoms with E-state index < -0.39 is 17.7 Å². The van der Waals surface area contributed by atoms with Crippen LogP contribution in [0, 0.1) is 24.5 Å². The van der Waals surface area contributed by atoms with Crippen molar-refractivity contribution in [1.82, 2.24) is 0 Å². The first kappa shape index (κ1) is 10.6. The number of rotatable bonds is 3. The highest BCUT2D eigenvalue weighted by Gasteiger charge is 2.28. The van der Waals surface area contributed by atoms with Crippen molar-refractivity contribution in [3.05, 3.63) is 34.9 Å². The predicted molar refractivity (Wildman–Crippen MR) is 53.4 cm³/mol. The largest absolute Gasteiger partial charge is 0.388 e. The van der Waals surface area contributed by atoms with Crippen LogP contribution in [0.4, 0.5) is 8.78 Å². The molecule has 1 aliphatic rings. The van der Waals surface area contributed by atoms with Crippen molar-refractivity contribution in [3.8, 4) is 0 Å². The number of halogens is 2. The molecule has 82 valence electrons. The minimum atomic E-state index is -1.00. The Kier molecular flexibility index (Phi) is 2.74. The molecule has 0 saturated heterocycles. The van der Waals surface area contributed by atoms with Crippen LogP contribution < -0.4 is 0 Å². The molecule has 0 radical (unpaired) electrons. The number of aliphatic hydroxyl groups excluding tert-OH is 1. The van der Waals surface area contributed by atoms with E-state index in [1.54, 1.807) is 6.92 Å². The molecule has 15 heavy (non-hydrogen) atoms. The van der Waals surface area contributed by atoms with Gasteiger partial charge in [-0.3, -0.25) is 0 Å². The standard InChI is InChI=1S/C12H14F2O/c1-7-2-5-9(13)11(12(7)14)10(15)6-8-3-4-8/h2,5,8,10,15H,3-4,6H2,1H3. The summed E-state index contributed by atoms with van der Waals surface area (Å²) in [5.74, 6) is -0.811. The molecule has 1 aromatic carbocycles. The highest BCUT2D eigenvalue weighted by Crippen LogP contribution is 2.38. The Balaban J connectivity index is 2.27. The molecule has 3 heteroatoms. The van der Waals surface area contributed by atoms with E-state index in [9.17, 15) is 13.9 Å². The van der Waals surface area contributed by atoms with E-state index in [1.807, 2.05) is 0 Å². The van der Waals surface area contributed by atoms with Gasteiger partial charge >= 0.3 is 0 Å². The summed E-state index contributed by atoms with van der Waals surface area (Å²) in [4.78, 5) is 0. The molecule has 0 aliphatic heterocycles. The maximum Gasteiger partial charge on any atom is 0.134 e. The molecule has 1 unspecified atom stereocenters. The van der Waals surface area contributed by atoms with Crippen LogP contribution in [0.2, 0.25) is 0 Å².